The molecule has 20 heavy (non-hydrogen) atoms. The van der Waals surface area contributed by atoms with E-state index in [1.807, 2.05) is 0 Å². The van der Waals surface area contributed by atoms with E-state index in [1.54, 1.807) is 7.05 Å². The highest BCUT2D eigenvalue weighted by molar-refractivity contribution is 5.63. The summed E-state index contributed by atoms with van der Waals surface area (Å²) in [6.45, 7) is 0.155. The standard InChI is InChI=1S/C13H14F2N4O/c1-16-12-11(20-2)13(19-7-18-12)17-6-8-3-4-9(14)5-10(8)15/h3-5,7H,6H2,1-2H3,(H2,16,17,18,19). The molecule has 2 N–H and O–H groups in total. The second kappa shape index (κ2) is 6.14. The molecule has 0 radical (unpaired) electrons. The second-order valence-electron chi connectivity index (χ2n) is 3.94. The van der Waals surface area contributed by atoms with Crippen molar-refractivity contribution in [2.75, 3.05) is 24.8 Å². The van der Waals surface area contributed by atoms with Crippen LogP contribution in [0.15, 0.2) is 24.5 Å². The third kappa shape index (κ3) is 2.93. The molecule has 0 amide bonds. The lowest BCUT2D eigenvalue weighted by atomic mass is 10.2. The number of anilines is 2. The van der Waals surface area contributed by atoms with E-state index in [4.69, 9.17) is 4.74 Å². The summed E-state index contributed by atoms with van der Waals surface area (Å²) in [4.78, 5) is 8.04. The quantitative estimate of drug-likeness (QED) is 0.880. The number of nitrogens with zero attached hydrogens (tertiary/aromatic N) is 2. The van der Waals surface area contributed by atoms with E-state index in [-0.39, 0.29) is 6.54 Å². The minimum absolute atomic E-state index is 0.155. The van der Waals surface area contributed by atoms with Crippen molar-refractivity contribution < 1.29 is 13.5 Å². The van der Waals surface area contributed by atoms with E-state index in [2.05, 4.69) is 20.6 Å². The summed E-state index contributed by atoms with van der Waals surface area (Å²) in [5.41, 5.74) is 0.332. The van der Waals surface area contributed by atoms with Crippen LogP contribution in [0.2, 0.25) is 0 Å². The number of hydrogen-bond donors (Lipinski definition) is 2. The molecule has 0 saturated heterocycles. The number of rotatable bonds is 5. The predicted octanol–water partition coefficient (Wildman–Crippen LogP) is 2.42. The Balaban J connectivity index is 2.18. The van der Waals surface area contributed by atoms with Crippen LogP contribution < -0.4 is 15.4 Å². The molecule has 0 saturated carbocycles. The zero-order chi connectivity index (χ0) is 14.5. The molecule has 5 nitrogen and oxygen atoms in total. The molecule has 1 heterocycles. The fourth-order valence-electron chi connectivity index (χ4n) is 1.72. The van der Waals surface area contributed by atoms with Crippen LogP contribution in [-0.2, 0) is 6.54 Å². The Bertz CT molecular complexity index is 607. The highest BCUT2D eigenvalue weighted by Crippen LogP contribution is 2.28. The average molecular weight is 280 g/mol. The van der Waals surface area contributed by atoms with Crippen LogP contribution in [0.25, 0.3) is 0 Å². The number of methoxy groups -OCH3 is 1. The van der Waals surface area contributed by atoms with Crippen molar-refractivity contribution in [3.63, 3.8) is 0 Å². The van der Waals surface area contributed by atoms with Gasteiger partial charge in [0.1, 0.15) is 18.0 Å². The van der Waals surface area contributed by atoms with Gasteiger partial charge in [0.15, 0.2) is 11.6 Å². The number of aromatic nitrogens is 2. The molecule has 0 aliphatic carbocycles. The fourth-order valence-corrected chi connectivity index (χ4v) is 1.72. The molecule has 0 fully saturated rings. The number of ether oxygens (including phenoxy) is 1. The van der Waals surface area contributed by atoms with Gasteiger partial charge < -0.3 is 15.4 Å². The summed E-state index contributed by atoms with van der Waals surface area (Å²) in [7, 11) is 3.19. The molecule has 0 spiro atoms. The van der Waals surface area contributed by atoms with Crippen LogP contribution in [-0.4, -0.2) is 24.1 Å². The molecular formula is C13H14F2N4O. The molecule has 106 valence electrons. The van der Waals surface area contributed by atoms with Gasteiger partial charge in [0, 0.05) is 25.2 Å². The number of halogens is 2. The second-order valence-corrected chi connectivity index (χ2v) is 3.94. The van der Waals surface area contributed by atoms with Crippen molar-refractivity contribution in [2.24, 2.45) is 0 Å². The van der Waals surface area contributed by atoms with Crippen molar-refractivity contribution in [1.82, 2.24) is 9.97 Å². The molecule has 0 bridgehead atoms. The number of hydrogen-bond acceptors (Lipinski definition) is 5. The van der Waals surface area contributed by atoms with Crippen molar-refractivity contribution in [3.05, 3.63) is 41.7 Å². The Kier molecular flexibility index (Phi) is 4.29. The largest absolute Gasteiger partial charge is 0.490 e. The van der Waals surface area contributed by atoms with E-state index < -0.39 is 11.6 Å². The summed E-state index contributed by atoms with van der Waals surface area (Å²) >= 11 is 0. The lowest BCUT2D eigenvalue weighted by Crippen LogP contribution is -2.07. The lowest BCUT2D eigenvalue weighted by Gasteiger charge is -2.13. The van der Waals surface area contributed by atoms with Gasteiger partial charge in [-0.15, -0.1) is 0 Å². The van der Waals surface area contributed by atoms with Gasteiger partial charge in [-0.05, 0) is 6.07 Å². The van der Waals surface area contributed by atoms with Gasteiger partial charge in [-0.25, -0.2) is 18.7 Å². The topological polar surface area (TPSA) is 59.1 Å². The van der Waals surface area contributed by atoms with Crippen LogP contribution >= 0.6 is 0 Å². The lowest BCUT2D eigenvalue weighted by molar-refractivity contribution is 0.415. The Labute approximate surface area is 115 Å². The number of nitrogens with one attached hydrogen (secondary N) is 2. The molecule has 0 unspecified atom stereocenters. The maximum atomic E-state index is 13.5. The van der Waals surface area contributed by atoms with E-state index in [0.29, 0.717) is 22.9 Å². The summed E-state index contributed by atoms with van der Waals surface area (Å²) in [6, 6.07) is 3.42. The molecule has 0 atom stereocenters. The Hall–Kier alpha value is -2.44. The zero-order valence-electron chi connectivity index (χ0n) is 11.1. The van der Waals surface area contributed by atoms with E-state index in [9.17, 15) is 8.78 Å². The van der Waals surface area contributed by atoms with Crippen LogP contribution in [0.1, 0.15) is 5.56 Å². The molecule has 0 aliphatic rings. The van der Waals surface area contributed by atoms with Crippen LogP contribution in [0.5, 0.6) is 5.75 Å². The summed E-state index contributed by atoms with van der Waals surface area (Å²) in [6.07, 6.45) is 1.36. The Morgan fingerprint density at radius 2 is 1.95 bits per heavy atom. The summed E-state index contributed by atoms with van der Waals surface area (Å²) in [5.74, 6) is 0.153. The van der Waals surface area contributed by atoms with E-state index in [0.717, 1.165) is 6.07 Å². The molecule has 0 aliphatic heterocycles. The van der Waals surface area contributed by atoms with Gasteiger partial charge in [-0.1, -0.05) is 6.07 Å². The smallest absolute Gasteiger partial charge is 0.204 e. The van der Waals surface area contributed by atoms with E-state index in [1.165, 1.54) is 25.6 Å². The first kappa shape index (κ1) is 14.0. The van der Waals surface area contributed by atoms with Crippen molar-refractivity contribution in [2.45, 2.75) is 6.54 Å². The average Bonchev–Trinajstić information content (AvgIpc) is 2.45. The number of benzene rings is 1. The normalized spacial score (nSPS) is 10.2. The predicted molar refractivity (Wildman–Crippen MR) is 71.8 cm³/mol. The first-order chi connectivity index (χ1) is 9.65. The molecule has 7 heteroatoms. The highest BCUT2D eigenvalue weighted by Gasteiger charge is 2.11. The third-order valence-corrected chi connectivity index (χ3v) is 2.71. The van der Waals surface area contributed by atoms with Crippen molar-refractivity contribution >= 4 is 11.6 Å². The molecule has 2 aromatic rings. The van der Waals surface area contributed by atoms with Gasteiger partial charge in [-0.2, -0.15) is 0 Å². The minimum atomic E-state index is -0.612. The molecule has 2 rings (SSSR count). The van der Waals surface area contributed by atoms with Crippen LogP contribution in [0.3, 0.4) is 0 Å². The van der Waals surface area contributed by atoms with Gasteiger partial charge in [0.25, 0.3) is 0 Å². The zero-order valence-corrected chi connectivity index (χ0v) is 11.1. The SMILES string of the molecule is CNc1ncnc(NCc2ccc(F)cc2F)c1OC. The Morgan fingerprint density at radius 3 is 2.60 bits per heavy atom. The fraction of sp³-hybridized carbons (Fsp3) is 0.231. The van der Waals surface area contributed by atoms with Crippen molar-refractivity contribution in [1.29, 1.82) is 0 Å². The highest BCUT2D eigenvalue weighted by atomic mass is 19.1. The van der Waals surface area contributed by atoms with Gasteiger partial charge in [0.2, 0.25) is 5.75 Å². The molecule has 1 aromatic heterocycles. The monoisotopic (exact) mass is 280 g/mol. The maximum absolute atomic E-state index is 13.5. The summed E-state index contributed by atoms with van der Waals surface area (Å²) in [5, 5.41) is 5.80. The van der Waals surface area contributed by atoms with Crippen LogP contribution in [0, 0.1) is 11.6 Å². The maximum Gasteiger partial charge on any atom is 0.204 e. The first-order valence-corrected chi connectivity index (χ1v) is 5.90. The first-order valence-electron chi connectivity index (χ1n) is 5.90. The van der Waals surface area contributed by atoms with Gasteiger partial charge >= 0.3 is 0 Å². The Morgan fingerprint density at radius 1 is 1.20 bits per heavy atom. The minimum Gasteiger partial charge on any atom is -0.490 e. The molecular weight excluding hydrogens is 266 g/mol. The third-order valence-electron chi connectivity index (χ3n) is 2.71. The van der Waals surface area contributed by atoms with Crippen LogP contribution in [0.4, 0.5) is 20.4 Å². The van der Waals surface area contributed by atoms with E-state index >= 15 is 0 Å². The molecule has 1 aromatic carbocycles. The van der Waals surface area contributed by atoms with Gasteiger partial charge in [0.05, 0.1) is 7.11 Å². The summed E-state index contributed by atoms with van der Waals surface area (Å²) < 4.78 is 31.5. The van der Waals surface area contributed by atoms with Gasteiger partial charge in [-0.3, -0.25) is 0 Å². The van der Waals surface area contributed by atoms with Crippen molar-refractivity contribution in [3.8, 4) is 5.75 Å².